The Balaban J connectivity index is 1.76. The summed E-state index contributed by atoms with van der Waals surface area (Å²) in [5, 5.41) is 5.77. The highest BCUT2D eigenvalue weighted by atomic mass is 19.1. The number of rotatable bonds is 6. The number of nitrogens with zero attached hydrogens (tertiary/aromatic N) is 1. The summed E-state index contributed by atoms with van der Waals surface area (Å²) in [7, 11) is 0. The van der Waals surface area contributed by atoms with Crippen molar-refractivity contribution < 1.29 is 13.9 Å². The number of carbonyl (C=O) groups excluding carboxylic acids is 1. The van der Waals surface area contributed by atoms with Gasteiger partial charge in [0.2, 0.25) is 0 Å². The predicted molar refractivity (Wildman–Crippen MR) is 78.2 cm³/mol. The van der Waals surface area contributed by atoms with E-state index < -0.39 is 6.17 Å². The van der Waals surface area contributed by atoms with E-state index in [1.807, 2.05) is 26.0 Å². The van der Waals surface area contributed by atoms with Gasteiger partial charge in [0.25, 0.3) is 5.91 Å². The molecule has 21 heavy (non-hydrogen) atoms. The van der Waals surface area contributed by atoms with Gasteiger partial charge in [0.1, 0.15) is 11.9 Å². The maximum atomic E-state index is 13.0. The van der Waals surface area contributed by atoms with Crippen molar-refractivity contribution >= 4 is 5.91 Å². The Kier molecular flexibility index (Phi) is 5.50. The van der Waals surface area contributed by atoms with Crippen molar-refractivity contribution in [1.29, 1.82) is 0 Å². The Morgan fingerprint density at radius 1 is 1.57 bits per heavy atom. The number of hydrogen-bond donors (Lipinski definition) is 2. The van der Waals surface area contributed by atoms with Crippen molar-refractivity contribution in [2.75, 3.05) is 19.7 Å². The first-order valence-electron chi connectivity index (χ1n) is 7.32. The smallest absolute Gasteiger partial charge is 0.257 e. The zero-order valence-corrected chi connectivity index (χ0v) is 12.5. The summed E-state index contributed by atoms with van der Waals surface area (Å²) in [6.07, 6.45) is 0.389. The Labute approximate surface area is 124 Å². The molecule has 0 spiro atoms. The Morgan fingerprint density at radius 2 is 2.38 bits per heavy atom. The maximum Gasteiger partial charge on any atom is 0.257 e. The van der Waals surface area contributed by atoms with Gasteiger partial charge in [-0.15, -0.1) is 0 Å². The number of aromatic nitrogens is 1. The van der Waals surface area contributed by atoms with Crippen molar-refractivity contribution in [1.82, 2.24) is 15.6 Å². The first-order valence-corrected chi connectivity index (χ1v) is 7.32. The molecule has 1 fully saturated rings. The minimum Gasteiger partial charge on any atom is -0.482 e. The van der Waals surface area contributed by atoms with Crippen LogP contribution in [0.1, 0.15) is 24.7 Å². The third kappa shape index (κ3) is 4.67. The van der Waals surface area contributed by atoms with Crippen LogP contribution in [0.4, 0.5) is 4.39 Å². The zero-order valence-electron chi connectivity index (χ0n) is 12.5. The number of halogens is 1. The van der Waals surface area contributed by atoms with Crippen LogP contribution in [0.25, 0.3) is 0 Å². The molecule has 1 aromatic rings. The number of carbonyl (C=O) groups is 1. The molecule has 0 aliphatic carbocycles. The van der Waals surface area contributed by atoms with Crippen LogP contribution in [0.15, 0.2) is 12.1 Å². The second-order valence-corrected chi connectivity index (χ2v) is 5.28. The number of ether oxygens (including phenoxy) is 1. The first-order chi connectivity index (χ1) is 10.1. The number of aryl methyl sites for hydroxylation is 2. The maximum absolute atomic E-state index is 13.0. The molecule has 6 heteroatoms. The van der Waals surface area contributed by atoms with Gasteiger partial charge in [-0.1, -0.05) is 6.92 Å². The van der Waals surface area contributed by atoms with E-state index in [4.69, 9.17) is 4.74 Å². The molecule has 1 aliphatic heterocycles. The first kappa shape index (κ1) is 15.7. The molecule has 0 saturated carbocycles. The largest absolute Gasteiger partial charge is 0.482 e. The van der Waals surface area contributed by atoms with Crippen molar-refractivity contribution in [2.45, 2.75) is 38.9 Å². The number of pyridine rings is 1. The SMILES string of the molecule is CCc1nc(C)ccc1OCC(=O)NC[C@@H]1C[C@H](F)CN1. The third-order valence-electron chi connectivity index (χ3n) is 3.48. The van der Waals surface area contributed by atoms with Gasteiger partial charge >= 0.3 is 0 Å². The van der Waals surface area contributed by atoms with E-state index in [0.717, 1.165) is 17.8 Å². The minimum absolute atomic E-state index is 0.0104. The summed E-state index contributed by atoms with van der Waals surface area (Å²) in [5.41, 5.74) is 1.78. The van der Waals surface area contributed by atoms with E-state index in [-0.39, 0.29) is 18.6 Å². The van der Waals surface area contributed by atoms with Crippen molar-refractivity contribution in [3.63, 3.8) is 0 Å². The van der Waals surface area contributed by atoms with Crippen molar-refractivity contribution in [2.24, 2.45) is 0 Å². The van der Waals surface area contributed by atoms with Gasteiger partial charge in [-0.3, -0.25) is 9.78 Å². The molecule has 0 aromatic carbocycles. The van der Waals surface area contributed by atoms with Gasteiger partial charge in [0.05, 0.1) is 5.69 Å². The Hall–Kier alpha value is -1.69. The molecule has 5 nitrogen and oxygen atoms in total. The molecule has 0 unspecified atom stereocenters. The second kappa shape index (κ2) is 7.36. The quantitative estimate of drug-likeness (QED) is 0.826. The van der Waals surface area contributed by atoms with E-state index in [2.05, 4.69) is 15.6 Å². The van der Waals surface area contributed by atoms with Crippen LogP contribution in [0.5, 0.6) is 5.75 Å². The molecule has 1 amide bonds. The molecular formula is C15H22FN3O2. The van der Waals surface area contributed by atoms with Crippen LogP contribution in [-0.4, -0.2) is 42.8 Å². The van der Waals surface area contributed by atoms with Crippen LogP contribution < -0.4 is 15.4 Å². The fraction of sp³-hybridized carbons (Fsp3) is 0.600. The van der Waals surface area contributed by atoms with Crippen molar-refractivity contribution in [3.05, 3.63) is 23.5 Å². The highest BCUT2D eigenvalue weighted by molar-refractivity contribution is 5.77. The standard InChI is InChI=1S/C15H22FN3O2/c1-3-13-14(5-4-10(2)19-13)21-9-15(20)18-8-12-6-11(16)7-17-12/h4-5,11-12,17H,3,6-9H2,1-2H3,(H,18,20)/t11-,12-/m0/s1. The molecule has 2 atom stereocenters. The van der Waals surface area contributed by atoms with Gasteiger partial charge in [-0.25, -0.2) is 4.39 Å². The van der Waals surface area contributed by atoms with Crippen LogP contribution in [-0.2, 0) is 11.2 Å². The lowest BCUT2D eigenvalue weighted by Gasteiger charge is -2.13. The summed E-state index contributed by atoms with van der Waals surface area (Å²) in [4.78, 5) is 16.1. The van der Waals surface area contributed by atoms with Gasteiger partial charge in [0, 0.05) is 24.8 Å². The molecule has 2 heterocycles. The highest BCUT2D eigenvalue weighted by Gasteiger charge is 2.23. The Morgan fingerprint density at radius 3 is 3.05 bits per heavy atom. The normalized spacial score (nSPS) is 21.3. The summed E-state index contributed by atoms with van der Waals surface area (Å²) >= 11 is 0. The number of alkyl halides is 1. The predicted octanol–water partition coefficient (Wildman–Crippen LogP) is 1.15. The lowest BCUT2D eigenvalue weighted by atomic mass is 10.2. The number of amides is 1. The Bertz CT molecular complexity index is 496. The monoisotopic (exact) mass is 295 g/mol. The highest BCUT2D eigenvalue weighted by Crippen LogP contribution is 2.17. The molecule has 116 valence electrons. The summed E-state index contributed by atoms with van der Waals surface area (Å²) in [5.74, 6) is 0.433. The fourth-order valence-corrected chi connectivity index (χ4v) is 2.34. The second-order valence-electron chi connectivity index (χ2n) is 5.28. The van der Waals surface area contributed by atoms with Crippen LogP contribution in [0.2, 0.25) is 0 Å². The van der Waals surface area contributed by atoms with Gasteiger partial charge in [0.15, 0.2) is 6.61 Å². The van der Waals surface area contributed by atoms with Gasteiger partial charge < -0.3 is 15.4 Å². The summed E-state index contributed by atoms with van der Waals surface area (Å²) in [6, 6.07) is 3.70. The molecular weight excluding hydrogens is 273 g/mol. The zero-order chi connectivity index (χ0) is 15.2. The fourth-order valence-electron chi connectivity index (χ4n) is 2.34. The molecule has 1 saturated heterocycles. The molecule has 1 aliphatic rings. The number of nitrogens with one attached hydrogen (secondary N) is 2. The number of hydrogen-bond acceptors (Lipinski definition) is 4. The molecule has 0 bridgehead atoms. The van der Waals surface area contributed by atoms with E-state index >= 15 is 0 Å². The van der Waals surface area contributed by atoms with Gasteiger partial charge in [-0.05, 0) is 31.9 Å². The van der Waals surface area contributed by atoms with E-state index in [1.54, 1.807) is 0 Å². The molecule has 2 N–H and O–H groups in total. The summed E-state index contributed by atoms with van der Waals surface area (Å²) in [6.45, 7) is 4.65. The topological polar surface area (TPSA) is 63.2 Å². The van der Waals surface area contributed by atoms with Gasteiger partial charge in [-0.2, -0.15) is 0 Å². The van der Waals surface area contributed by atoms with E-state index in [9.17, 15) is 9.18 Å². The lowest BCUT2D eigenvalue weighted by Crippen LogP contribution is -2.39. The molecule has 0 radical (unpaired) electrons. The molecule has 1 aromatic heterocycles. The lowest BCUT2D eigenvalue weighted by molar-refractivity contribution is -0.123. The van der Waals surface area contributed by atoms with Crippen LogP contribution in [0.3, 0.4) is 0 Å². The average Bonchev–Trinajstić information content (AvgIpc) is 2.89. The van der Waals surface area contributed by atoms with E-state index in [0.29, 0.717) is 25.3 Å². The average molecular weight is 295 g/mol. The third-order valence-corrected chi connectivity index (χ3v) is 3.48. The van der Waals surface area contributed by atoms with E-state index in [1.165, 1.54) is 0 Å². The molecule has 2 rings (SSSR count). The minimum atomic E-state index is -0.811. The summed E-state index contributed by atoms with van der Waals surface area (Å²) < 4.78 is 18.5. The van der Waals surface area contributed by atoms with Crippen LogP contribution in [0, 0.1) is 6.92 Å². The van der Waals surface area contributed by atoms with Crippen molar-refractivity contribution in [3.8, 4) is 5.75 Å². The van der Waals surface area contributed by atoms with Crippen LogP contribution >= 0.6 is 0 Å².